The van der Waals surface area contributed by atoms with Crippen molar-refractivity contribution in [3.05, 3.63) is 89.5 Å². The molecule has 0 saturated carbocycles. The molecule has 0 unspecified atom stereocenters. The number of aliphatic imine (C=N–C) groups is 1. The van der Waals surface area contributed by atoms with Crippen LogP contribution < -0.4 is 20.1 Å². The maximum Gasteiger partial charge on any atom is 0.573 e. The highest BCUT2D eigenvalue weighted by atomic mass is 32.2. The number of aryl methyl sites for hydroxylation is 3. The van der Waals surface area contributed by atoms with Gasteiger partial charge < -0.3 is 20.1 Å². The summed E-state index contributed by atoms with van der Waals surface area (Å²) < 4.78 is 48.3. The summed E-state index contributed by atoms with van der Waals surface area (Å²) in [5.41, 5.74) is 5.11. The predicted octanol–water partition coefficient (Wildman–Crippen LogP) is 8.07. The minimum atomic E-state index is -4.76. The van der Waals surface area contributed by atoms with E-state index in [2.05, 4.69) is 55.6 Å². The first-order valence-corrected chi connectivity index (χ1v) is 14.9. The molecule has 0 saturated heterocycles. The Morgan fingerprint density at radius 2 is 1.73 bits per heavy atom. The molecule has 13 heteroatoms. The fraction of sp³-hybridized carbons (Fsp3) is 0.290. The van der Waals surface area contributed by atoms with Crippen LogP contribution >= 0.6 is 11.8 Å². The lowest BCUT2D eigenvalue weighted by Crippen LogP contribution is -2.17. The van der Waals surface area contributed by atoms with E-state index in [1.165, 1.54) is 52.6 Å². The van der Waals surface area contributed by atoms with Crippen molar-refractivity contribution < 1.29 is 27.4 Å². The molecule has 2 N–H and O–H groups in total. The monoisotopic (exact) mass is 626 g/mol. The zero-order valence-electron chi connectivity index (χ0n) is 24.7. The lowest BCUT2D eigenvalue weighted by molar-refractivity contribution is -0.274. The van der Waals surface area contributed by atoms with Gasteiger partial charge >= 0.3 is 12.4 Å². The Balaban J connectivity index is 1.36. The molecule has 0 atom stereocenters. The number of hydrogen-bond acceptors (Lipinski definition) is 6. The molecule has 4 aromatic rings. The minimum absolute atomic E-state index is 0.0555. The van der Waals surface area contributed by atoms with Crippen LogP contribution in [0.15, 0.2) is 72.0 Å². The van der Waals surface area contributed by atoms with Crippen molar-refractivity contribution >= 4 is 34.3 Å². The van der Waals surface area contributed by atoms with Crippen LogP contribution in [-0.4, -0.2) is 38.1 Å². The number of benzene rings is 3. The molecule has 1 aromatic heterocycles. The predicted molar refractivity (Wildman–Crippen MR) is 167 cm³/mol. The molecule has 0 aliphatic rings. The largest absolute Gasteiger partial charge is 0.573 e. The van der Waals surface area contributed by atoms with Crippen LogP contribution in [0.2, 0.25) is 0 Å². The number of nitrogens with one attached hydrogen (secondary N) is 2. The molecule has 0 spiro atoms. The van der Waals surface area contributed by atoms with Gasteiger partial charge in [0.25, 0.3) is 0 Å². The van der Waals surface area contributed by atoms with Gasteiger partial charge in [0.1, 0.15) is 24.4 Å². The van der Waals surface area contributed by atoms with Crippen LogP contribution in [0.5, 0.6) is 11.5 Å². The molecule has 0 fully saturated rings. The quantitative estimate of drug-likeness (QED) is 0.136. The number of nitrogens with zero attached hydrogens (tertiary/aromatic N) is 4. The van der Waals surface area contributed by atoms with E-state index in [4.69, 9.17) is 4.74 Å². The van der Waals surface area contributed by atoms with E-state index in [0.717, 1.165) is 35.4 Å². The van der Waals surface area contributed by atoms with Crippen molar-refractivity contribution in [3.63, 3.8) is 0 Å². The Labute approximate surface area is 257 Å². The minimum Gasteiger partial charge on any atom is -0.486 e. The van der Waals surface area contributed by atoms with Gasteiger partial charge in [-0.05, 0) is 91.2 Å². The molecule has 4 rings (SSSR count). The number of carbonyl (C=O) groups is 1. The number of aromatic nitrogens is 3. The molecule has 9 nitrogen and oxygen atoms in total. The number of thioether (sulfide) groups is 1. The molecule has 44 heavy (non-hydrogen) atoms. The first-order chi connectivity index (χ1) is 21.0. The summed E-state index contributed by atoms with van der Waals surface area (Å²) in [5.74, 6) is 1.33. The number of ether oxygens (including phenoxy) is 2. The Morgan fingerprint density at radius 3 is 2.41 bits per heavy atom. The summed E-state index contributed by atoms with van der Waals surface area (Å²) in [4.78, 5) is 21.3. The molecule has 0 bridgehead atoms. The molecule has 3 aromatic carbocycles. The van der Waals surface area contributed by atoms with E-state index in [1.54, 1.807) is 18.2 Å². The van der Waals surface area contributed by atoms with Crippen LogP contribution in [0, 0.1) is 13.8 Å². The van der Waals surface area contributed by atoms with Crippen molar-refractivity contribution in [2.45, 2.75) is 53.5 Å². The van der Waals surface area contributed by atoms with Gasteiger partial charge in [0, 0.05) is 11.4 Å². The van der Waals surface area contributed by atoms with Crippen molar-refractivity contribution in [2.24, 2.45) is 4.99 Å². The number of carbonyl (C=O) groups excluding carboxylic acids is 1. The van der Waals surface area contributed by atoms with Crippen molar-refractivity contribution in [2.75, 3.05) is 16.4 Å². The van der Waals surface area contributed by atoms with Gasteiger partial charge in [-0.1, -0.05) is 44.2 Å². The fourth-order valence-electron chi connectivity index (χ4n) is 4.18. The van der Waals surface area contributed by atoms with Gasteiger partial charge in [-0.25, -0.2) is 14.5 Å². The van der Waals surface area contributed by atoms with E-state index in [0.29, 0.717) is 28.1 Å². The van der Waals surface area contributed by atoms with Gasteiger partial charge in [0.15, 0.2) is 11.0 Å². The first-order valence-electron chi connectivity index (χ1n) is 13.9. The SMILES string of the molecule is CCCc1ccc(C)cc1N/C(=N/C(=O)Nc1ccc(OCc2ncn(-c3ccc(OC(F)(F)F)cc3)n2)cc1C)SCC. The number of alkyl halides is 3. The number of anilines is 2. The fourth-order valence-corrected chi connectivity index (χ4v) is 4.78. The van der Waals surface area contributed by atoms with Crippen LogP contribution in [0.3, 0.4) is 0 Å². The Hall–Kier alpha value is -4.52. The summed E-state index contributed by atoms with van der Waals surface area (Å²) in [7, 11) is 0. The summed E-state index contributed by atoms with van der Waals surface area (Å²) in [5, 5.41) is 11.0. The normalized spacial score (nSPS) is 11.8. The van der Waals surface area contributed by atoms with E-state index < -0.39 is 12.4 Å². The van der Waals surface area contributed by atoms with Gasteiger partial charge in [-0.2, -0.15) is 4.99 Å². The standard InChI is InChI=1S/C31H33F3N6O3S/c1-5-7-22-9-8-20(3)16-27(22)37-30(44-6-2)38-29(41)36-26-15-14-25(17-21(26)4)42-18-28-35-19-40(39-28)23-10-12-24(13-11-23)43-31(32,33)34/h8-17,19H,5-7,18H2,1-4H3,(H2,36,37,38,41). The number of amides is 2. The topological polar surface area (TPSA) is 103 Å². The third kappa shape index (κ3) is 9.49. The molecule has 0 radical (unpaired) electrons. The summed E-state index contributed by atoms with van der Waals surface area (Å²) in [6, 6.07) is 16.2. The molecule has 0 aliphatic carbocycles. The lowest BCUT2D eigenvalue weighted by Gasteiger charge is -2.14. The third-order valence-corrected chi connectivity index (χ3v) is 6.95. The second kappa shape index (κ2) is 14.8. The first kappa shape index (κ1) is 32.4. The third-order valence-electron chi connectivity index (χ3n) is 6.19. The molecular formula is C31H33F3N6O3S. The molecule has 2 amide bonds. The van der Waals surface area contributed by atoms with Crippen LogP contribution in [0.25, 0.3) is 5.69 Å². The second-order valence-electron chi connectivity index (χ2n) is 9.73. The highest BCUT2D eigenvalue weighted by Crippen LogP contribution is 2.25. The zero-order valence-corrected chi connectivity index (χ0v) is 25.6. The maximum atomic E-state index is 12.9. The number of hydrogen-bond donors (Lipinski definition) is 2. The van der Waals surface area contributed by atoms with Gasteiger partial charge in [0.05, 0.1) is 5.69 Å². The van der Waals surface area contributed by atoms with E-state index in [-0.39, 0.29) is 12.4 Å². The van der Waals surface area contributed by atoms with E-state index >= 15 is 0 Å². The smallest absolute Gasteiger partial charge is 0.486 e. The molecule has 0 aliphatic heterocycles. The van der Waals surface area contributed by atoms with Crippen molar-refractivity contribution in [1.82, 2.24) is 14.8 Å². The lowest BCUT2D eigenvalue weighted by atomic mass is 10.1. The van der Waals surface area contributed by atoms with E-state index in [9.17, 15) is 18.0 Å². The van der Waals surface area contributed by atoms with Crippen LogP contribution in [-0.2, 0) is 13.0 Å². The summed E-state index contributed by atoms with van der Waals surface area (Å²) >= 11 is 1.45. The Kier molecular flexibility index (Phi) is 10.9. The Bertz CT molecular complexity index is 1610. The number of rotatable bonds is 10. The maximum absolute atomic E-state index is 12.9. The summed E-state index contributed by atoms with van der Waals surface area (Å²) in [6.45, 7) is 8.05. The number of amidine groups is 1. The van der Waals surface area contributed by atoms with Gasteiger partial charge in [-0.3, -0.25) is 0 Å². The summed E-state index contributed by atoms with van der Waals surface area (Å²) in [6.07, 6.45) is -1.40. The van der Waals surface area contributed by atoms with Crippen molar-refractivity contribution in [1.29, 1.82) is 0 Å². The average Bonchev–Trinajstić information content (AvgIpc) is 3.43. The number of urea groups is 1. The molecular weight excluding hydrogens is 593 g/mol. The highest BCUT2D eigenvalue weighted by molar-refractivity contribution is 8.14. The van der Waals surface area contributed by atoms with Gasteiger partial charge in [-0.15, -0.1) is 18.3 Å². The van der Waals surface area contributed by atoms with Crippen LogP contribution in [0.4, 0.5) is 29.3 Å². The zero-order chi connectivity index (χ0) is 31.7. The average molecular weight is 627 g/mol. The molecule has 232 valence electrons. The Morgan fingerprint density at radius 1 is 0.977 bits per heavy atom. The van der Waals surface area contributed by atoms with Crippen LogP contribution in [0.1, 0.15) is 42.8 Å². The van der Waals surface area contributed by atoms with Gasteiger partial charge in [0.2, 0.25) is 0 Å². The highest BCUT2D eigenvalue weighted by Gasteiger charge is 2.31. The second-order valence-corrected chi connectivity index (χ2v) is 11.0. The number of halogens is 3. The van der Waals surface area contributed by atoms with Crippen molar-refractivity contribution in [3.8, 4) is 17.2 Å². The molecule has 1 heterocycles. The van der Waals surface area contributed by atoms with E-state index in [1.807, 2.05) is 20.8 Å².